The lowest BCUT2D eigenvalue weighted by Gasteiger charge is -2.29. The second-order valence-electron chi connectivity index (χ2n) is 14.5. The lowest BCUT2D eigenvalue weighted by molar-refractivity contribution is -0.143. The molecule has 10 amide bonds. The van der Waals surface area contributed by atoms with Crippen molar-refractivity contribution < 1.29 is 47.9 Å². The fraction of sp³-hybridized carbons (Fsp3) is 0.273. The van der Waals surface area contributed by atoms with Gasteiger partial charge in [-0.05, 0) is 51.3 Å². The van der Waals surface area contributed by atoms with Gasteiger partial charge in [0.25, 0.3) is 59.1 Å². The van der Waals surface area contributed by atoms with E-state index in [1.165, 1.54) is 88.9 Å². The third-order valence-electron chi connectivity index (χ3n) is 9.20. The number of rotatable bonds is 4. The summed E-state index contributed by atoms with van der Waals surface area (Å²) in [6.07, 6.45) is 18.5. The highest BCUT2D eigenvalue weighted by molar-refractivity contribution is 6.28. The summed E-state index contributed by atoms with van der Waals surface area (Å²) in [5.74, 6) is -2.21. The molecule has 15 heteroatoms. The summed E-state index contributed by atoms with van der Waals surface area (Å²) in [6, 6.07) is 18.5. The molecule has 2 aromatic rings. The smallest absolute Gasteiger partial charge is 0.258 e. The van der Waals surface area contributed by atoms with E-state index in [0.29, 0.717) is 12.2 Å². The molecular formula is C44H45N5O10. The van der Waals surface area contributed by atoms with Gasteiger partial charge in [-0.15, -0.1) is 0 Å². The molecule has 6 aliphatic rings. The van der Waals surface area contributed by atoms with E-state index in [1.807, 2.05) is 57.2 Å². The maximum atomic E-state index is 11.3. The molecular weight excluding hydrogens is 759 g/mol. The third-order valence-corrected chi connectivity index (χ3v) is 9.20. The molecule has 1 aliphatic carbocycles. The van der Waals surface area contributed by atoms with E-state index in [1.54, 1.807) is 24.3 Å². The number of likely N-dealkylation sites (N-methyl/N-ethyl adjacent to an activating group) is 1. The van der Waals surface area contributed by atoms with E-state index in [9.17, 15) is 47.9 Å². The molecule has 15 nitrogen and oxygen atoms in total. The number of anilines is 1. The zero-order valence-corrected chi connectivity index (χ0v) is 33.2. The average Bonchev–Trinajstić information content (AvgIpc) is 4.01. The highest BCUT2D eigenvalue weighted by Gasteiger charge is 2.34. The Morgan fingerprint density at radius 1 is 0.475 bits per heavy atom. The molecule has 59 heavy (non-hydrogen) atoms. The monoisotopic (exact) mass is 803 g/mol. The van der Waals surface area contributed by atoms with E-state index >= 15 is 0 Å². The van der Waals surface area contributed by atoms with Gasteiger partial charge in [0.05, 0.1) is 12.2 Å². The van der Waals surface area contributed by atoms with Gasteiger partial charge in [-0.2, -0.15) is 0 Å². The van der Waals surface area contributed by atoms with Crippen LogP contribution in [0.25, 0.3) is 0 Å². The minimum absolute atomic E-state index is 0.128. The van der Waals surface area contributed by atoms with Gasteiger partial charge in [0.1, 0.15) is 0 Å². The Balaban J connectivity index is 0.000000165. The highest BCUT2D eigenvalue weighted by Crippen LogP contribution is 2.25. The number of nitrogens with zero attached hydrogens (tertiary/aromatic N) is 5. The minimum Gasteiger partial charge on any atom is -0.279 e. The van der Waals surface area contributed by atoms with Gasteiger partial charge in [0, 0.05) is 79.4 Å². The quantitative estimate of drug-likeness (QED) is 0.413. The predicted molar refractivity (Wildman–Crippen MR) is 215 cm³/mol. The molecule has 0 bridgehead atoms. The molecule has 2 aromatic carbocycles. The van der Waals surface area contributed by atoms with E-state index < -0.39 is 5.54 Å². The number of hydrogen-bond donors (Lipinski definition) is 0. The lowest BCUT2D eigenvalue weighted by atomic mass is 9.94. The van der Waals surface area contributed by atoms with Crippen LogP contribution in [0.1, 0.15) is 58.4 Å². The highest BCUT2D eigenvalue weighted by atomic mass is 16.2. The number of carbonyl (C=O) groups excluding carboxylic acids is 10. The molecule has 0 saturated heterocycles. The first kappa shape index (κ1) is 44.6. The summed E-state index contributed by atoms with van der Waals surface area (Å²) >= 11 is 0. The Kier molecular flexibility index (Phi) is 15.3. The van der Waals surface area contributed by atoms with Crippen LogP contribution in [0.15, 0.2) is 121 Å². The van der Waals surface area contributed by atoms with Crippen molar-refractivity contribution in [3.8, 4) is 0 Å². The number of amides is 10. The molecule has 5 heterocycles. The molecule has 306 valence electrons. The molecule has 0 unspecified atom stereocenters. The van der Waals surface area contributed by atoms with Crippen LogP contribution < -0.4 is 4.90 Å². The van der Waals surface area contributed by atoms with Crippen molar-refractivity contribution in [2.24, 2.45) is 0 Å². The maximum Gasteiger partial charge on any atom is 0.258 e. The summed E-state index contributed by atoms with van der Waals surface area (Å²) in [5, 5.41) is 0. The summed E-state index contributed by atoms with van der Waals surface area (Å²) in [4.78, 5) is 116. The Hall–Kier alpha value is -7.16. The van der Waals surface area contributed by atoms with E-state index in [4.69, 9.17) is 0 Å². The van der Waals surface area contributed by atoms with Crippen LogP contribution in [0.2, 0.25) is 0 Å². The van der Waals surface area contributed by atoms with Crippen molar-refractivity contribution in [3.05, 3.63) is 127 Å². The molecule has 1 saturated carbocycles. The molecule has 5 aliphatic heterocycles. The Morgan fingerprint density at radius 3 is 1.27 bits per heavy atom. The second-order valence-corrected chi connectivity index (χ2v) is 14.5. The average molecular weight is 804 g/mol. The molecule has 0 atom stereocenters. The Labute approximate surface area is 341 Å². The number of hydrogen-bond acceptors (Lipinski definition) is 10. The van der Waals surface area contributed by atoms with Gasteiger partial charge in [0.15, 0.2) is 0 Å². The van der Waals surface area contributed by atoms with Crippen LogP contribution in [0.3, 0.4) is 0 Å². The van der Waals surface area contributed by atoms with E-state index in [2.05, 4.69) is 0 Å². The van der Waals surface area contributed by atoms with Crippen molar-refractivity contribution in [1.29, 1.82) is 0 Å². The maximum absolute atomic E-state index is 11.3. The van der Waals surface area contributed by atoms with Crippen molar-refractivity contribution in [2.45, 2.75) is 71.0 Å². The summed E-state index contributed by atoms with van der Waals surface area (Å²) in [7, 11) is 1.45. The summed E-state index contributed by atoms with van der Waals surface area (Å²) in [6.45, 7) is 5.84. The van der Waals surface area contributed by atoms with Gasteiger partial charge in [-0.3, -0.25) is 67.5 Å². The zero-order valence-electron chi connectivity index (χ0n) is 33.2. The van der Waals surface area contributed by atoms with E-state index in [-0.39, 0.29) is 65.1 Å². The van der Waals surface area contributed by atoms with Crippen molar-refractivity contribution in [2.75, 3.05) is 11.9 Å². The molecule has 0 N–H and O–H groups in total. The number of carbonyl (C=O) groups is 10. The van der Waals surface area contributed by atoms with Gasteiger partial charge < -0.3 is 0 Å². The van der Waals surface area contributed by atoms with Crippen LogP contribution in [0.4, 0.5) is 5.69 Å². The zero-order chi connectivity index (χ0) is 43.3. The normalized spacial score (nSPS) is 18.3. The van der Waals surface area contributed by atoms with Gasteiger partial charge in [-0.25, -0.2) is 4.90 Å². The van der Waals surface area contributed by atoms with E-state index in [0.717, 1.165) is 41.0 Å². The summed E-state index contributed by atoms with van der Waals surface area (Å²) in [5.41, 5.74) is 1.16. The Morgan fingerprint density at radius 2 is 0.864 bits per heavy atom. The van der Waals surface area contributed by atoms with Crippen LogP contribution >= 0.6 is 0 Å². The fourth-order valence-corrected chi connectivity index (χ4v) is 6.23. The molecule has 0 aromatic heterocycles. The van der Waals surface area contributed by atoms with Crippen molar-refractivity contribution >= 4 is 64.8 Å². The summed E-state index contributed by atoms with van der Waals surface area (Å²) < 4.78 is 0. The van der Waals surface area contributed by atoms with Gasteiger partial charge in [0.2, 0.25) is 0 Å². The molecule has 0 radical (unpaired) electrons. The predicted octanol–water partition coefficient (Wildman–Crippen LogP) is 3.72. The molecule has 0 spiro atoms. The largest absolute Gasteiger partial charge is 0.279 e. The van der Waals surface area contributed by atoms with Gasteiger partial charge >= 0.3 is 0 Å². The van der Waals surface area contributed by atoms with Crippen LogP contribution in [-0.2, 0) is 54.5 Å². The fourth-order valence-electron chi connectivity index (χ4n) is 6.23. The van der Waals surface area contributed by atoms with Crippen LogP contribution in [0, 0.1) is 0 Å². The third kappa shape index (κ3) is 12.2. The first-order valence-electron chi connectivity index (χ1n) is 18.8. The van der Waals surface area contributed by atoms with Crippen LogP contribution in [-0.4, -0.2) is 97.3 Å². The molecule has 8 rings (SSSR count). The molecule has 1 fully saturated rings. The van der Waals surface area contributed by atoms with Gasteiger partial charge in [-0.1, -0.05) is 67.8 Å². The first-order valence-corrected chi connectivity index (χ1v) is 18.8. The van der Waals surface area contributed by atoms with Crippen molar-refractivity contribution in [1.82, 2.24) is 19.6 Å². The minimum atomic E-state index is -0.405. The van der Waals surface area contributed by atoms with Crippen molar-refractivity contribution in [3.63, 3.8) is 0 Å². The number of benzene rings is 2. The van der Waals surface area contributed by atoms with Crippen LogP contribution in [0.5, 0.6) is 0 Å². The standard InChI is InChI=1S/C11H9NO2.C10H13NO2.C10H7NO2.C8H11NO2.C5H5NO2/c13-10-6-7-11(14)12(10)8-9-4-2-1-3-5-9;2*12-9-6-7-10(13)11(9)8-4-2-1-3-5-8;1-8(2,3)9-6(10)4-5-7(9)11;1-6-4(7)2-3-5(6)8/h1-7H,8H2;6-8H,1-5H2;1-7H;4-5H,1-3H3;2-3H,1H3. The second kappa shape index (κ2) is 20.3. The topological polar surface area (TPSA) is 187 Å². The Bertz CT molecular complexity index is 2050. The SMILES string of the molecule is CC(C)(C)N1C(=O)C=CC1=O.CN1C(=O)C=CC1=O.O=C1C=CC(=O)N1C1CCCCC1.O=C1C=CC(=O)N1Cc1ccccc1.O=C1C=CC(=O)N1c1ccccc1. The lowest BCUT2D eigenvalue weighted by Crippen LogP contribution is -2.45. The first-order chi connectivity index (χ1) is 28.0. The number of para-hydroxylation sites is 1. The number of imide groups is 5.